The van der Waals surface area contributed by atoms with Gasteiger partial charge in [-0.25, -0.2) is 4.98 Å². The number of aromatic nitrogens is 2. The van der Waals surface area contributed by atoms with Gasteiger partial charge in [0, 0.05) is 28.7 Å². The Bertz CT molecular complexity index is 760. The molecule has 0 spiro atoms. The van der Waals surface area contributed by atoms with Gasteiger partial charge in [-0.3, -0.25) is 4.79 Å². The summed E-state index contributed by atoms with van der Waals surface area (Å²) >= 11 is 1.46. The quantitative estimate of drug-likeness (QED) is 0.764. The molecule has 0 unspecified atom stereocenters. The zero-order valence-corrected chi connectivity index (χ0v) is 10.4. The number of nitrogens with two attached hydrogens (primary N) is 1. The predicted octanol–water partition coefficient (Wildman–Crippen LogP) is 2.09. The third kappa shape index (κ3) is 1.89. The molecule has 4 nitrogen and oxygen atoms in total. The summed E-state index contributed by atoms with van der Waals surface area (Å²) in [5, 5.41) is 1.30. The van der Waals surface area contributed by atoms with Crippen molar-refractivity contribution in [2.24, 2.45) is 0 Å². The van der Waals surface area contributed by atoms with Gasteiger partial charge in [0.2, 0.25) is 0 Å². The number of hydrogen-bond donors (Lipinski definition) is 1. The number of nitrogens with zero attached hydrogens (tertiary/aromatic N) is 2. The van der Waals surface area contributed by atoms with Gasteiger partial charge in [0.1, 0.15) is 0 Å². The van der Waals surface area contributed by atoms with E-state index in [2.05, 4.69) is 4.98 Å². The lowest BCUT2D eigenvalue weighted by Gasteiger charge is -2.08. The Morgan fingerprint density at radius 1 is 1.28 bits per heavy atom. The molecular formula is C13H11N3OS. The number of para-hydroxylation sites is 1. The highest BCUT2D eigenvalue weighted by Gasteiger charge is 2.04. The lowest BCUT2D eigenvalue weighted by Crippen LogP contribution is -2.07. The molecule has 90 valence electrons. The van der Waals surface area contributed by atoms with Crippen LogP contribution in [-0.4, -0.2) is 9.55 Å². The summed E-state index contributed by atoms with van der Waals surface area (Å²) < 4.78 is 2.03. The smallest absolute Gasteiger partial charge is 0.189 e. The Kier molecular flexibility index (Phi) is 2.60. The molecule has 3 aromatic rings. The van der Waals surface area contributed by atoms with Gasteiger partial charge in [-0.1, -0.05) is 12.1 Å². The Morgan fingerprint density at radius 2 is 2.11 bits per heavy atom. The summed E-state index contributed by atoms with van der Waals surface area (Å²) in [6.07, 6.45) is 3.58. The average Bonchev–Trinajstić information content (AvgIpc) is 2.79. The summed E-state index contributed by atoms with van der Waals surface area (Å²) in [6, 6.07) is 9.18. The fourth-order valence-electron chi connectivity index (χ4n) is 1.96. The minimum atomic E-state index is 0.0469. The van der Waals surface area contributed by atoms with E-state index < -0.39 is 0 Å². The number of pyridine rings is 1. The van der Waals surface area contributed by atoms with E-state index in [9.17, 15) is 4.79 Å². The van der Waals surface area contributed by atoms with Gasteiger partial charge in [0.05, 0.1) is 12.1 Å². The van der Waals surface area contributed by atoms with Crippen LogP contribution in [0.25, 0.3) is 10.9 Å². The van der Waals surface area contributed by atoms with Crippen molar-refractivity contribution in [3.63, 3.8) is 0 Å². The molecule has 0 aliphatic heterocycles. The van der Waals surface area contributed by atoms with E-state index in [1.165, 1.54) is 11.3 Å². The first-order chi connectivity index (χ1) is 8.74. The van der Waals surface area contributed by atoms with E-state index in [0.717, 1.165) is 15.8 Å². The zero-order chi connectivity index (χ0) is 12.5. The second-order valence-electron chi connectivity index (χ2n) is 3.99. The molecule has 2 aromatic heterocycles. The number of rotatable bonds is 2. The van der Waals surface area contributed by atoms with Crippen LogP contribution in [0.5, 0.6) is 0 Å². The van der Waals surface area contributed by atoms with E-state index in [4.69, 9.17) is 5.73 Å². The Labute approximate surface area is 107 Å². The average molecular weight is 257 g/mol. The maximum absolute atomic E-state index is 11.7. The van der Waals surface area contributed by atoms with Crippen LogP contribution >= 0.6 is 11.3 Å². The molecule has 0 radical (unpaired) electrons. The molecular weight excluding hydrogens is 246 g/mol. The molecule has 0 aliphatic carbocycles. The van der Waals surface area contributed by atoms with Crippen molar-refractivity contribution < 1.29 is 0 Å². The van der Waals surface area contributed by atoms with Gasteiger partial charge in [0.25, 0.3) is 0 Å². The third-order valence-corrected chi connectivity index (χ3v) is 3.59. The lowest BCUT2D eigenvalue weighted by atomic mass is 10.2. The van der Waals surface area contributed by atoms with Crippen molar-refractivity contribution in [1.82, 2.24) is 9.55 Å². The van der Waals surface area contributed by atoms with Gasteiger partial charge in [0.15, 0.2) is 10.6 Å². The van der Waals surface area contributed by atoms with Crippen molar-refractivity contribution in [3.8, 4) is 0 Å². The van der Waals surface area contributed by atoms with Crippen LogP contribution in [-0.2, 0) is 6.54 Å². The molecule has 0 aliphatic rings. The van der Waals surface area contributed by atoms with E-state index in [0.29, 0.717) is 11.7 Å². The van der Waals surface area contributed by atoms with Gasteiger partial charge < -0.3 is 10.3 Å². The molecule has 0 saturated carbocycles. The summed E-state index contributed by atoms with van der Waals surface area (Å²) in [5.74, 6) is 0. The van der Waals surface area contributed by atoms with Crippen LogP contribution in [0.4, 0.5) is 5.13 Å². The van der Waals surface area contributed by atoms with Crippen LogP contribution in [0.2, 0.25) is 0 Å². The molecule has 0 saturated heterocycles. The minimum absolute atomic E-state index is 0.0469. The highest BCUT2D eigenvalue weighted by atomic mass is 32.1. The number of nitrogen functional groups attached to an aromatic ring is 1. The molecule has 18 heavy (non-hydrogen) atoms. The topological polar surface area (TPSA) is 60.9 Å². The molecule has 0 bridgehead atoms. The summed E-state index contributed by atoms with van der Waals surface area (Å²) in [6.45, 7) is 0.676. The van der Waals surface area contributed by atoms with Crippen LogP contribution in [0.1, 0.15) is 4.88 Å². The van der Waals surface area contributed by atoms with E-state index in [1.807, 2.05) is 28.8 Å². The van der Waals surface area contributed by atoms with Crippen LogP contribution in [0, 0.1) is 0 Å². The molecule has 0 fully saturated rings. The minimum Gasteiger partial charge on any atom is -0.375 e. The number of benzene rings is 1. The first kappa shape index (κ1) is 11.0. The van der Waals surface area contributed by atoms with Gasteiger partial charge in [-0.2, -0.15) is 0 Å². The van der Waals surface area contributed by atoms with Crippen LogP contribution in [0.3, 0.4) is 0 Å². The molecule has 2 N–H and O–H groups in total. The van der Waals surface area contributed by atoms with E-state index in [1.54, 1.807) is 18.5 Å². The third-order valence-electron chi connectivity index (χ3n) is 2.78. The maximum Gasteiger partial charge on any atom is 0.189 e. The van der Waals surface area contributed by atoms with Gasteiger partial charge in [-0.05, 0) is 12.1 Å². The van der Waals surface area contributed by atoms with E-state index in [-0.39, 0.29) is 5.43 Å². The fraction of sp³-hybridized carbons (Fsp3) is 0.0769. The first-order valence-electron chi connectivity index (χ1n) is 5.52. The van der Waals surface area contributed by atoms with E-state index >= 15 is 0 Å². The standard InChI is InChI=1S/C13H11N3OS/c14-13-15-7-9(18-13)8-16-6-5-12(17)10-3-1-2-4-11(10)16/h1-7H,8H2,(H2,14,15). The number of hydrogen-bond acceptors (Lipinski definition) is 4. The van der Waals surface area contributed by atoms with Crippen molar-refractivity contribution in [1.29, 1.82) is 0 Å². The van der Waals surface area contributed by atoms with Crippen molar-refractivity contribution >= 4 is 27.4 Å². The normalized spacial score (nSPS) is 10.9. The molecule has 0 amide bonds. The summed E-state index contributed by atoms with van der Waals surface area (Å²) in [5.41, 5.74) is 6.59. The SMILES string of the molecule is Nc1ncc(Cn2ccc(=O)c3ccccc32)s1. The largest absolute Gasteiger partial charge is 0.375 e. The predicted molar refractivity (Wildman–Crippen MR) is 73.8 cm³/mol. The number of anilines is 1. The Hall–Kier alpha value is -2.14. The molecule has 1 aromatic carbocycles. The zero-order valence-electron chi connectivity index (χ0n) is 9.54. The second-order valence-corrected chi connectivity index (χ2v) is 5.14. The monoisotopic (exact) mass is 257 g/mol. The maximum atomic E-state index is 11.7. The fourth-order valence-corrected chi connectivity index (χ4v) is 2.64. The molecule has 2 heterocycles. The molecule has 0 atom stereocenters. The molecule has 5 heteroatoms. The van der Waals surface area contributed by atoms with Crippen molar-refractivity contribution in [2.45, 2.75) is 6.54 Å². The second kappa shape index (κ2) is 4.27. The van der Waals surface area contributed by atoms with Crippen molar-refractivity contribution in [3.05, 3.63) is 57.8 Å². The Morgan fingerprint density at radius 3 is 2.89 bits per heavy atom. The van der Waals surface area contributed by atoms with Crippen molar-refractivity contribution in [2.75, 3.05) is 5.73 Å². The summed E-state index contributed by atoms with van der Waals surface area (Å²) in [7, 11) is 0. The van der Waals surface area contributed by atoms with Gasteiger partial charge in [-0.15, -0.1) is 11.3 Å². The number of fused-ring (bicyclic) bond motifs is 1. The Balaban J connectivity index is 2.12. The first-order valence-corrected chi connectivity index (χ1v) is 6.34. The highest BCUT2D eigenvalue weighted by Crippen LogP contribution is 2.18. The lowest BCUT2D eigenvalue weighted by molar-refractivity contribution is 0.837. The van der Waals surface area contributed by atoms with Gasteiger partial charge >= 0.3 is 0 Å². The van der Waals surface area contributed by atoms with Crippen LogP contribution in [0.15, 0.2) is 47.5 Å². The van der Waals surface area contributed by atoms with Crippen LogP contribution < -0.4 is 11.2 Å². The number of thiazole rings is 1. The molecule has 3 rings (SSSR count). The summed E-state index contributed by atoms with van der Waals surface area (Å²) in [4.78, 5) is 16.8. The highest BCUT2D eigenvalue weighted by molar-refractivity contribution is 7.15.